The van der Waals surface area contributed by atoms with E-state index in [-0.39, 0.29) is 0 Å². The molecule has 0 bridgehead atoms. The zero-order valence-corrected chi connectivity index (χ0v) is 18.0. The van der Waals surface area contributed by atoms with Crippen LogP contribution < -0.4 is 5.73 Å². The van der Waals surface area contributed by atoms with Crippen LogP contribution >= 0.6 is 23.1 Å². The zero-order valence-electron chi connectivity index (χ0n) is 16.3. The van der Waals surface area contributed by atoms with Crippen molar-refractivity contribution in [3.05, 3.63) is 45.6 Å². The van der Waals surface area contributed by atoms with Crippen molar-refractivity contribution in [3.8, 4) is 5.69 Å². The second-order valence-corrected chi connectivity index (χ2v) is 9.34. The first kappa shape index (κ1) is 18.5. The monoisotopic (exact) mass is 423 g/mol. The number of nitrogen functional groups attached to an aromatic ring is 1. The molecule has 0 spiro atoms. The van der Waals surface area contributed by atoms with E-state index in [2.05, 4.69) is 46.5 Å². The quantitative estimate of drug-likeness (QED) is 0.495. The Balaban J connectivity index is 1.44. The number of nitrogens with two attached hydrogens (primary N) is 1. The van der Waals surface area contributed by atoms with Gasteiger partial charge in [-0.05, 0) is 66.6 Å². The van der Waals surface area contributed by atoms with Crippen molar-refractivity contribution in [1.29, 1.82) is 0 Å². The standard InChI is InChI=1S/C20H21N7S2/c1-11-6-5-7-12(2)17(11)27-20(24-25-26-27)28-10-15-22-18(21)16-13-8-3-4-9-14(13)29-19(16)23-15/h5-7H,3-4,8-10H2,1-2H3,(H2,21,22,23). The van der Waals surface area contributed by atoms with Gasteiger partial charge in [-0.25, -0.2) is 9.97 Å². The lowest BCUT2D eigenvalue weighted by Crippen LogP contribution is -2.05. The van der Waals surface area contributed by atoms with Gasteiger partial charge in [0.2, 0.25) is 5.16 Å². The largest absolute Gasteiger partial charge is 0.383 e. The van der Waals surface area contributed by atoms with Crippen molar-refractivity contribution in [2.75, 3.05) is 5.73 Å². The first-order valence-corrected chi connectivity index (χ1v) is 11.5. The fourth-order valence-corrected chi connectivity index (χ4v) is 5.99. The van der Waals surface area contributed by atoms with Crippen molar-refractivity contribution in [2.24, 2.45) is 0 Å². The van der Waals surface area contributed by atoms with Crippen molar-refractivity contribution in [3.63, 3.8) is 0 Å². The molecular formula is C20H21N7S2. The number of aryl methyl sites for hydroxylation is 4. The van der Waals surface area contributed by atoms with Crippen LogP contribution in [-0.4, -0.2) is 30.2 Å². The number of hydrogen-bond donors (Lipinski definition) is 1. The summed E-state index contributed by atoms with van der Waals surface area (Å²) in [6, 6.07) is 6.17. The van der Waals surface area contributed by atoms with E-state index in [0.717, 1.165) is 50.9 Å². The van der Waals surface area contributed by atoms with Gasteiger partial charge in [-0.15, -0.1) is 16.4 Å². The third-order valence-electron chi connectivity index (χ3n) is 5.31. The number of thioether (sulfide) groups is 1. The van der Waals surface area contributed by atoms with Crippen LogP contribution in [0.3, 0.4) is 0 Å². The lowest BCUT2D eigenvalue weighted by atomic mass is 9.97. The molecule has 3 heterocycles. The van der Waals surface area contributed by atoms with Gasteiger partial charge in [0.25, 0.3) is 0 Å². The van der Waals surface area contributed by atoms with Gasteiger partial charge in [0.15, 0.2) is 0 Å². The highest BCUT2D eigenvalue weighted by molar-refractivity contribution is 7.98. The highest BCUT2D eigenvalue weighted by atomic mass is 32.2. The van der Waals surface area contributed by atoms with Crippen molar-refractivity contribution in [1.82, 2.24) is 30.2 Å². The molecule has 5 rings (SSSR count). The third kappa shape index (κ3) is 3.28. The van der Waals surface area contributed by atoms with E-state index >= 15 is 0 Å². The zero-order chi connectivity index (χ0) is 20.0. The topological polar surface area (TPSA) is 95.4 Å². The summed E-state index contributed by atoms with van der Waals surface area (Å²) < 4.78 is 1.79. The van der Waals surface area contributed by atoms with E-state index in [0.29, 0.717) is 11.6 Å². The Labute approximate surface area is 176 Å². The number of thiophene rings is 1. The van der Waals surface area contributed by atoms with Gasteiger partial charge in [0.1, 0.15) is 16.5 Å². The minimum absolute atomic E-state index is 0.564. The second kappa shape index (κ2) is 7.38. The molecule has 148 valence electrons. The van der Waals surface area contributed by atoms with E-state index in [9.17, 15) is 0 Å². The second-order valence-electron chi connectivity index (χ2n) is 7.32. The molecule has 29 heavy (non-hydrogen) atoms. The molecule has 0 amide bonds. The average Bonchev–Trinajstić information content (AvgIpc) is 3.30. The average molecular weight is 424 g/mol. The van der Waals surface area contributed by atoms with Crippen LogP contribution in [0, 0.1) is 13.8 Å². The van der Waals surface area contributed by atoms with E-state index in [1.807, 2.05) is 6.07 Å². The number of fused-ring (bicyclic) bond motifs is 3. The molecule has 1 aliphatic carbocycles. The summed E-state index contributed by atoms with van der Waals surface area (Å²) in [4.78, 5) is 11.8. The summed E-state index contributed by atoms with van der Waals surface area (Å²) in [5.74, 6) is 1.88. The van der Waals surface area contributed by atoms with Crippen LogP contribution in [0.4, 0.5) is 5.82 Å². The van der Waals surface area contributed by atoms with Gasteiger partial charge in [-0.3, -0.25) is 0 Å². The van der Waals surface area contributed by atoms with Crippen LogP contribution in [0.25, 0.3) is 15.9 Å². The van der Waals surface area contributed by atoms with Crippen LogP contribution in [0.5, 0.6) is 0 Å². The number of benzene rings is 1. The Morgan fingerprint density at radius 1 is 1.14 bits per heavy atom. The number of tetrazole rings is 1. The lowest BCUT2D eigenvalue weighted by molar-refractivity contribution is 0.700. The molecule has 1 aliphatic rings. The molecule has 4 aromatic rings. The van der Waals surface area contributed by atoms with Crippen LogP contribution in [0.1, 0.15) is 40.2 Å². The molecule has 2 N–H and O–H groups in total. The molecule has 0 fully saturated rings. The maximum absolute atomic E-state index is 6.34. The molecular weight excluding hydrogens is 402 g/mol. The molecule has 9 heteroatoms. The lowest BCUT2D eigenvalue weighted by Gasteiger charge is -2.11. The number of hydrogen-bond acceptors (Lipinski definition) is 8. The number of rotatable bonds is 4. The van der Waals surface area contributed by atoms with Crippen molar-refractivity contribution < 1.29 is 0 Å². The molecule has 1 aromatic carbocycles. The molecule has 0 aliphatic heterocycles. The first-order chi connectivity index (χ1) is 14.1. The molecule has 0 radical (unpaired) electrons. The van der Waals surface area contributed by atoms with Gasteiger partial charge in [0.05, 0.1) is 16.8 Å². The summed E-state index contributed by atoms with van der Waals surface area (Å²) in [6.07, 6.45) is 4.68. The van der Waals surface area contributed by atoms with Gasteiger partial charge in [0, 0.05) is 4.88 Å². The van der Waals surface area contributed by atoms with E-state index < -0.39 is 0 Å². The highest BCUT2D eigenvalue weighted by Gasteiger charge is 2.20. The predicted molar refractivity (Wildman–Crippen MR) is 117 cm³/mol. The number of nitrogens with zero attached hydrogens (tertiary/aromatic N) is 6. The highest BCUT2D eigenvalue weighted by Crippen LogP contribution is 2.38. The summed E-state index contributed by atoms with van der Waals surface area (Å²) >= 11 is 3.29. The minimum atomic E-state index is 0.564. The van der Waals surface area contributed by atoms with Crippen LogP contribution in [-0.2, 0) is 18.6 Å². The summed E-state index contributed by atoms with van der Waals surface area (Å²) in [7, 11) is 0. The third-order valence-corrected chi connectivity index (χ3v) is 7.41. The maximum Gasteiger partial charge on any atom is 0.214 e. The Kier molecular flexibility index (Phi) is 4.71. The summed E-state index contributed by atoms with van der Waals surface area (Å²) in [5, 5.41) is 14.1. The normalized spacial score (nSPS) is 13.7. The first-order valence-electron chi connectivity index (χ1n) is 9.66. The van der Waals surface area contributed by atoms with Gasteiger partial charge < -0.3 is 5.73 Å². The fraction of sp³-hybridized carbons (Fsp3) is 0.350. The predicted octanol–water partition coefficient (Wildman–Crippen LogP) is 4.04. The Hall–Kier alpha value is -2.52. The molecule has 0 atom stereocenters. The number of aromatic nitrogens is 6. The Morgan fingerprint density at radius 3 is 2.76 bits per heavy atom. The van der Waals surface area contributed by atoms with E-state index in [4.69, 9.17) is 10.7 Å². The smallest absolute Gasteiger partial charge is 0.214 e. The van der Waals surface area contributed by atoms with Crippen LogP contribution in [0.2, 0.25) is 0 Å². The Bertz CT molecular complexity index is 1190. The number of anilines is 1. The van der Waals surface area contributed by atoms with E-state index in [1.54, 1.807) is 16.0 Å². The molecule has 7 nitrogen and oxygen atoms in total. The maximum atomic E-state index is 6.34. The van der Waals surface area contributed by atoms with Gasteiger partial charge in [-0.1, -0.05) is 30.0 Å². The van der Waals surface area contributed by atoms with E-state index in [1.165, 1.54) is 35.0 Å². The van der Waals surface area contributed by atoms with Gasteiger partial charge in [-0.2, -0.15) is 4.68 Å². The minimum Gasteiger partial charge on any atom is -0.383 e. The van der Waals surface area contributed by atoms with Crippen molar-refractivity contribution in [2.45, 2.75) is 50.4 Å². The Morgan fingerprint density at radius 2 is 1.93 bits per heavy atom. The summed E-state index contributed by atoms with van der Waals surface area (Å²) in [6.45, 7) is 4.13. The molecule has 0 saturated carbocycles. The fourth-order valence-electron chi connectivity index (χ4n) is 3.97. The number of para-hydroxylation sites is 1. The van der Waals surface area contributed by atoms with Gasteiger partial charge >= 0.3 is 0 Å². The van der Waals surface area contributed by atoms with Crippen LogP contribution in [0.15, 0.2) is 23.4 Å². The summed E-state index contributed by atoms with van der Waals surface area (Å²) in [5.41, 5.74) is 11.0. The molecule has 0 saturated heterocycles. The molecule has 0 unspecified atom stereocenters. The molecule has 3 aromatic heterocycles. The SMILES string of the molecule is Cc1cccc(C)c1-n1nnnc1SCc1nc(N)c2c3c(sc2n1)CCCC3. The van der Waals surface area contributed by atoms with Crippen molar-refractivity contribution >= 4 is 39.1 Å².